The molecule has 0 unspecified atom stereocenters. The van der Waals surface area contributed by atoms with Crippen molar-refractivity contribution in [1.29, 1.82) is 0 Å². The molecular weight excluding hydrogens is 358 g/mol. The summed E-state index contributed by atoms with van der Waals surface area (Å²) in [6, 6.07) is 6.89. The zero-order valence-corrected chi connectivity index (χ0v) is 15.2. The van der Waals surface area contributed by atoms with Gasteiger partial charge in [-0.1, -0.05) is 11.6 Å². The summed E-state index contributed by atoms with van der Waals surface area (Å²) < 4.78 is 12.9. The molecule has 3 heterocycles. The number of halogens is 1. The lowest BCUT2D eigenvalue weighted by Crippen LogP contribution is -2.38. The molecule has 2 aromatic heterocycles. The molecule has 1 aliphatic rings. The van der Waals surface area contributed by atoms with Crippen molar-refractivity contribution in [2.45, 2.75) is 26.1 Å². The number of carbonyl (C=O) groups is 1. The van der Waals surface area contributed by atoms with Gasteiger partial charge in [0.2, 0.25) is 0 Å². The first-order valence-electron chi connectivity index (χ1n) is 8.27. The van der Waals surface area contributed by atoms with Gasteiger partial charge in [-0.2, -0.15) is 5.10 Å². The summed E-state index contributed by atoms with van der Waals surface area (Å²) in [6.45, 7) is 3.17. The van der Waals surface area contributed by atoms with E-state index in [-0.39, 0.29) is 11.7 Å². The number of methoxy groups -OCH3 is 1. The molecule has 0 radical (unpaired) electrons. The van der Waals surface area contributed by atoms with Crippen LogP contribution in [0.25, 0.3) is 11.0 Å². The fraction of sp³-hybridized carbons (Fsp3) is 0.333. The van der Waals surface area contributed by atoms with Crippen molar-refractivity contribution in [2.24, 2.45) is 0 Å². The van der Waals surface area contributed by atoms with E-state index < -0.39 is 6.10 Å². The number of carbonyl (C=O) groups excluding carboxylic acids is 1. The van der Waals surface area contributed by atoms with Gasteiger partial charge in [-0.15, -0.1) is 0 Å². The van der Waals surface area contributed by atoms with E-state index in [1.54, 1.807) is 30.0 Å². The summed E-state index contributed by atoms with van der Waals surface area (Å²) >= 11 is 6.08. The van der Waals surface area contributed by atoms with Crippen LogP contribution < -0.4 is 4.74 Å². The molecule has 1 N–H and O–H groups in total. The number of benzene rings is 1. The summed E-state index contributed by atoms with van der Waals surface area (Å²) in [5.74, 6) is 0.527. The van der Waals surface area contributed by atoms with Crippen molar-refractivity contribution >= 4 is 28.5 Å². The minimum absolute atomic E-state index is 0.203. The second kappa shape index (κ2) is 6.34. The monoisotopic (exact) mass is 375 g/mol. The summed E-state index contributed by atoms with van der Waals surface area (Å²) in [6.07, 6.45) is -0.634. The van der Waals surface area contributed by atoms with Crippen molar-refractivity contribution in [3.05, 3.63) is 46.4 Å². The number of aromatic nitrogens is 2. The van der Waals surface area contributed by atoms with Crippen LogP contribution in [-0.4, -0.2) is 39.3 Å². The van der Waals surface area contributed by atoms with Gasteiger partial charge in [-0.3, -0.25) is 9.48 Å². The van der Waals surface area contributed by atoms with Gasteiger partial charge in [0.15, 0.2) is 17.1 Å². The van der Waals surface area contributed by atoms with Gasteiger partial charge >= 0.3 is 0 Å². The topological polar surface area (TPSA) is 80.7 Å². The van der Waals surface area contributed by atoms with Gasteiger partial charge in [0.05, 0.1) is 37.7 Å². The minimum atomic E-state index is -0.634. The Kier molecular flexibility index (Phi) is 4.13. The fourth-order valence-electron chi connectivity index (χ4n) is 3.16. The van der Waals surface area contributed by atoms with Crippen LogP contribution in [0.2, 0.25) is 5.02 Å². The molecule has 8 heteroatoms. The van der Waals surface area contributed by atoms with Crippen LogP contribution in [-0.2, 0) is 13.1 Å². The minimum Gasteiger partial charge on any atom is -0.493 e. The molecule has 0 spiro atoms. The first-order chi connectivity index (χ1) is 12.5. The zero-order chi connectivity index (χ0) is 18.4. The van der Waals surface area contributed by atoms with E-state index in [9.17, 15) is 9.90 Å². The predicted molar refractivity (Wildman–Crippen MR) is 95.4 cm³/mol. The highest BCUT2D eigenvalue weighted by molar-refractivity contribution is 6.31. The Labute approximate surface area is 154 Å². The zero-order valence-electron chi connectivity index (χ0n) is 14.4. The van der Waals surface area contributed by atoms with E-state index in [1.807, 2.05) is 10.7 Å². The second-order valence-corrected chi connectivity index (χ2v) is 6.76. The molecule has 1 atom stereocenters. The van der Waals surface area contributed by atoms with E-state index in [0.29, 0.717) is 41.7 Å². The molecule has 1 aromatic carbocycles. The highest BCUT2D eigenvalue weighted by atomic mass is 35.5. The van der Waals surface area contributed by atoms with Gasteiger partial charge in [0, 0.05) is 23.0 Å². The Hall–Kier alpha value is -2.51. The van der Waals surface area contributed by atoms with Crippen LogP contribution in [0, 0.1) is 0 Å². The number of rotatable bonds is 3. The maximum atomic E-state index is 12.9. The van der Waals surface area contributed by atoms with Gasteiger partial charge in [-0.05, 0) is 25.1 Å². The van der Waals surface area contributed by atoms with E-state index in [2.05, 4.69) is 5.10 Å². The Bertz CT molecular complexity index is 992. The molecule has 7 nitrogen and oxygen atoms in total. The van der Waals surface area contributed by atoms with Crippen LogP contribution in [0.15, 0.2) is 28.7 Å². The maximum Gasteiger partial charge on any atom is 0.290 e. The van der Waals surface area contributed by atoms with Crippen LogP contribution in [0.3, 0.4) is 0 Å². The summed E-state index contributed by atoms with van der Waals surface area (Å²) in [4.78, 5) is 14.6. The number of fused-ring (bicyclic) bond motifs is 2. The quantitative estimate of drug-likeness (QED) is 0.761. The van der Waals surface area contributed by atoms with E-state index in [0.717, 1.165) is 11.1 Å². The molecule has 136 valence electrons. The van der Waals surface area contributed by atoms with E-state index >= 15 is 0 Å². The first kappa shape index (κ1) is 16.9. The second-order valence-electron chi connectivity index (χ2n) is 6.32. The van der Waals surface area contributed by atoms with Crippen molar-refractivity contribution in [1.82, 2.24) is 14.7 Å². The molecule has 0 fully saturated rings. The van der Waals surface area contributed by atoms with Crippen molar-refractivity contribution < 1.29 is 19.1 Å². The lowest BCUT2D eigenvalue weighted by Gasteiger charge is -2.26. The average molecular weight is 376 g/mol. The van der Waals surface area contributed by atoms with Crippen molar-refractivity contribution in [3.8, 4) is 5.75 Å². The third kappa shape index (κ3) is 2.83. The van der Waals surface area contributed by atoms with Crippen LogP contribution in [0.1, 0.15) is 35.0 Å². The van der Waals surface area contributed by atoms with E-state index in [1.165, 1.54) is 7.11 Å². The number of amides is 1. The lowest BCUT2D eigenvalue weighted by molar-refractivity contribution is 0.0675. The SMILES string of the molecule is COc1cc(Cl)cc2cc(C(=O)N3CCn4nc([C@H](C)O)cc4C3)oc12. The van der Waals surface area contributed by atoms with Gasteiger partial charge < -0.3 is 19.2 Å². The molecule has 0 bridgehead atoms. The molecule has 26 heavy (non-hydrogen) atoms. The van der Waals surface area contributed by atoms with Crippen LogP contribution >= 0.6 is 11.6 Å². The largest absolute Gasteiger partial charge is 0.493 e. The Morgan fingerprint density at radius 3 is 2.88 bits per heavy atom. The third-order valence-corrected chi connectivity index (χ3v) is 4.73. The third-order valence-electron chi connectivity index (χ3n) is 4.51. The van der Waals surface area contributed by atoms with Crippen molar-refractivity contribution in [3.63, 3.8) is 0 Å². The lowest BCUT2D eigenvalue weighted by atomic mass is 10.2. The summed E-state index contributed by atoms with van der Waals surface area (Å²) in [7, 11) is 1.53. The molecule has 1 amide bonds. The Balaban J connectivity index is 1.63. The number of hydrogen-bond acceptors (Lipinski definition) is 5. The number of ether oxygens (including phenoxy) is 1. The smallest absolute Gasteiger partial charge is 0.290 e. The highest BCUT2D eigenvalue weighted by Gasteiger charge is 2.26. The standard InChI is InChI=1S/C18H18ClN3O4/c1-10(23)14-8-13-9-21(3-4-22(13)20-14)18(24)16-6-11-5-12(19)7-15(25-2)17(11)26-16/h5-8,10,23H,3-4,9H2,1-2H3/t10-/m0/s1. The fourth-order valence-corrected chi connectivity index (χ4v) is 3.38. The number of aliphatic hydroxyl groups excluding tert-OH is 1. The summed E-state index contributed by atoms with van der Waals surface area (Å²) in [5, 5.41) is 15.3. The molecule has 0 saturated carbocycles. The molecule has 0 saturated heterocycles. The number of nitrogens with zero attached hydrogens (tertiary/aromatic N) is 3. The first-order valence-corrected chi connectivity index (χ1v) is 8.65. The number of furan rings is 1. The van der Waals surface area contributed by atoms with Crippen LogP contribution in [0.5, 0.6) is 5.75 Å². The van der Waals surface area contributed by atoms with Gasteiger partial charge in [-0.25, -0.2) is 0 Å². The van der Waals surface area contributed by atoms with E-state index in [4.69, 9.17) is 20.8 Å². The normalized spacial score (nSPS) is 15.2. The average Bonchev–Trinajstić information content (AvgIpc) is 3.23. The Morgan fingerprint density at radius 1 is 1.35 bits per heavy atom. The Morgan fingerprint density at radius 2 is 2.15 bits per heavy atom. The number of hydrogen-bond donors (Lipinski definition) is 1. The molecule has 1 aliphatic heterocycles. The molecule has 0 aliphatic carbocycles. The van der Waals surface area contributed by atoms with Gasteiger partial charge in [0.25, 0.3) is 5.91 Å². The number of aliphatic hydroxyl groups is 1. The molecule has 3 aromatic rings. The maximum absolute atomic E-state index is 12.9. The molecule has 4 rings (SSSR count). The predicted octanol–water partition coefficient (Wildman–Crippen LogP) is 3.00. The van der Waals surface area contributed by atoms with Crippen molar-refractivity contribution in [2.75, 3.05) is 13.7 Å². The molecular formula is C18H18ClN3O4. The van der Waals surface area contributed by atoms with Crippen LogP contribution in [0.4, 0.5) is 0 Å². The van der Waals surface area contributed by atoms with Gasteiger partial charge in [0.1, 0.15) is 0 Å². The highest BCUT2D eigenvalue weighted by Crippen LogP contribution is 2.33. The summed E-state index contributed by atoms with van der Waals surface area (Å²) in [5.41, 5.74) is 1.99.